The first kappa shape index (κ1) is 18.8. The average molecular weight is 403 g/mol. The molecule has 0 bridgehead atoms. The van der Waals surface area contributed by atoms with Gasteiger partial charge in [0, 0.05) is 30.9 Å². The van der Waals surface area contributed by atoms with Gasteiger partial charge in [-0.25, -0.2) is 9.67 Å². The van der Waals surface area contributed by atoms with Crippen LogP contribution in [-0.2, 0) is 4.74 Å². The van der Waals surface area contributed by atoms with Gasteiger partial charge >= 0.3 is 0 Å². The molecule has 3 aromatic heterocycles. The van der Waals surface area contributed by atoms with Gasteiger partial charge in [-0.2, -0.15) is 19.5 Å². The Morgan fingerprint density at radius 3 is 2.89 bits per heavy atom. The predicted molar refractivity (Wildman–Crippen MR) is 106 cm³/mol. The van der Waals surface area contributed by atoms with E-state index in [1.54, 1.807) is 18.0 Å². The lowest BCUT2D eigenvalue weighted by Gasteiger charge is -2.26. The Morgan fingerprint density at radius 1 is 1.36 bits per heavy atom. The number of anilines is 3. The molecule has 0 amide bonds. The van der Waals surface area contributed by atoms with E-state index in [4.69, 9.17) is 4.74 Å². The van der Waals surface area contributed by atoms with Crippen LogP contribution in [0.4, 0.5) is 21.2 Å². The summed E-state index contributed by atoms with van der Waals surface area (Å²) in [5, 5.41) is 9.82. The number of aromatic nitrogens is 5. The molecule has 1 aliphatic heterocycles. The highest BCUT2D eigenvalue weighted by Crippen LogP contribution is 2.31. The number of hydrogen-bond acceptors (Lipinski definition) is 8. The summed E-state index contributed by atoms with van der Waals surface area (Å²) >= 11 is 1.38. The van der Waals surface area contributed by atoms with Crippen LogP contribution in [0.15, 0.2) is 17.6 Å². The third-order valence-electron chi connectivity index (χ3n) is 4.69. The fraction of sp³-hybridized carbons (Fsp3) is 0.444. The maximum absolute atomic E-state index is 15.4. The van der Waals surface area contributed by atoms with Gasteiger partial charge in [-0.1, -0.05) is 0 Å². The first-order valence-corrected chi connectivity index (χ1v) is 9.98. The van der Waals surface area contributed by atoms with E-state index < -0.39 is 5.82 Å². The highest BCUT2D eigenvalue weighted by molar-refractivity contribution is 7.13. The average Bonchev–Trinajstić information content (AvgIpc) is 3.39. The van der Waals surface area contributed by atoms with E-state index in [-0.39, 0.29) is 17.7 Å². The molecule has 8 nitrogen and oxygen atoms in total. The first-order chi connectivity index (χ1) is 13.6. The van der Waals surface area contributed by atoms with Crippen LogP contribution in [0.25, 0.3) is 5.95 Å². The van der Waals surface area contributed by atoms with Gasteiger partial charge in [-0.05, 0) is 32.8 Å². The molecule has 148 valence electrons. The molecule has 0 radical (unpaired) electrons. The van der Waals surface area contributed by atoms with Crippen molar-refractivity contribution in [1.82, 2.24) is 24.7 Å². The van der Waals surface area contributed by atoms with Crippen LogP contribution in [0, 0.1) is 19.7 Å². The van der Waals surface area contributed by atoms with E-state index in [0.717, 1.165) is 30.8 Å². The first-order valence-electron chi connectivity index (χ1n) is 9.10. The van der Waals surface area contributed by atoms with Gasteiger partial charge in [0.05, 0.1) is 18.3 Å². The van der Waals surface area contributed by atoms with Gasteiger partial charge in [0.15, 0.2) is 16.8 Å². The van der Waals surface area contributed by atoms with Crippen LogP contribution in [0.1, 0.15) is 24.2 Å². The SMILES string of the molecule is COC[C@H]1CCCN1c1nc(-n2nc(C)cc2C)nc(Nc2nccs2)c1F. The number of aryl methyl sites for hydroxylation is 2. The van der Waals surface area contributed by atoms with Crippen molar-refractivity contribution in [2.75, 3.05) is 30.5 Å². The van der Waals surface area contributed by atoms with Gasteiger partial charge in [-0.15, -0.1) is 11.3 Å². The highest BCUT2D eigenvalue weighted by atomic mass is 32.1. The molecular formula is C18H22FN7OS. The Bertz CT molecular complexity index is 959. The summed E-state index contributed by atoms with van der Waals surface area (Å²) in [5.41, 5.74) is 1.73. The van der Waals surface area contributed by atoms with Crippen molar-refractivity contribution in [3.05, 3.63) is 34.8 Å². The van der Waals surface area contributed by atoms with E-state index in [0.29, 0.717) is 17.7 Å². The number of methoxy groups -OCH3 is 1. The van der Waals surface area contributed by atoms with E-state index in [1.807, 2.05) is 30.2 Å². The molecule has 1 atom stereocenters. The van der Waals surface area contributed by atoms with E-state index >= 15 is 4.39 Å². The van der Waals surface area contributed by atoms with Crippen LogP contribution >= 0.6 is 11.3 Å². The third kappa shape index (κ3) is 3.57. The second kappa shape index (κ2) is 7.80. The standard InChI is InChI=1S/C18H22FN7OS/c1-11-9-12(2)26(24-11)17-21-15(22-18-20-6-8-28-18)14(19)16(23-17)25-7-4-5-13(25)10-27-3/h6,8-9,13H,4-5,7,10H2,1-3H3,(H,20,21,22,23)/t13-/m1/s1. The molecular weight excluding hydrogens is 381 g/mol. The fourth-order valence-corrected chi connectivity index (χ4v) is 4.02. The highest BCUT2D eigenvalue weighted by Gasteiger charge is 2.30. The number of nitrogens with one attached hydrogen (secondary N) is 1. The van der Waals surface area contributed by atoms with Crippen molar-refractivity contribution in [3.8, 4) is 5.95 Å². The predicted octanol–water partition coefficient (Wildman–Crippen LogP) is 3.23. The Kier molecular flexibility index (Phi) is 5.23. The minimum atomic E-state index is -0.497. The van der Waals surface area contributed by atoms with Gasteiger partial charge in [0.2, 0.25) is 5.82 Å². The zero-order valence-electron chi connectivity index (χ0n) is 16.0. The molecule has 1 saturated heterocycles. The molecule has 0 aromatic carbocycles. The molecule has 1 aliphatic rings. The molecule has 1 N–H and O–H groups in total. The van der Waals surface area contributed by atoms with Crippen LogP contribution in [0.2, 0.25) is 0 Å². The summed E-state index contributed by atoms with van der Waals surface area (Å²) in [7, 11) is 1.66. The summed E-state index contributed by atoms with van der Waals surface area (Å²) in [6.45, 7) is 5.06. The van der Waals surface area contributed by atoms with Gasteiger partial charge in [0.1, 0.15) is 0 Å². The van der Waals surface area contributed by atoms with Crippen LogP contribution in [0.5, 0.6) is 0 Å². The second-order valence-corrected chi connectivity index (χ2v) is 7.65. The zero-order chi connectivity index (χ0) is 19.7. The minimum Gasteiger partial charge on any atom is -0.383 e. The molecule has 0 spiro atoms. The number of ether oxygens (including phenoxy) is 1. The molecule has 10 heteroatoms. The van der Waals surface area contributed by atoms with Gasteiger partial charge in [0.25, 0.3) is 5.95 Å². The lowest BCUT2D eigenvalue weighted by atomic mass is 10.2. The molecule has 0 aliphatic carbocycles. The van der Waals surface area contributed by atoms with Crippen molar-refractivity contribution in [2.45, 2.75) is 32.7 Å². The Labute approximate surface area is 166 Å². The lowest BCUT2D eigenvalue weighted by molar-refractivity contribution is 0.180. The summed E-state index contributed by atoms with van der Waals surface area (Å²) < 4.78 is 22.4. The number of hydrogen-bond donors (Lipinski definition) is 1. The third-order valence-corrected chi connectivity index (χ3v) is 5.38. The molecule has 1 fully saturated rings. The molecule has 0 unspecified atom stereocenters. The van der Waals surface area contributed by atoms with Crippen molar-refractivity contribution < 1.29 is 9.13 Å². The quantitative estimate of drug-likeness (QED) is 0.677. The number of thiazole rings is 1. The van der Waals surface area contributed by atoms with Crippen molar-refractivity contribution >= 4 is 28.1 Å². The van der Waals surface area contributed by atoms with Crippen LogP contribution in [0.3, 0.4) is 0 Å². The van der Waals surface area contributed by atoms with E-state index in [2.05, 4.69) is 25.4 Å². The monoisotopic (exact) mass is 403 g/mol. The van der Waals surface area contributed by atoms with Crippen LogP contribution in [-0.4, -0.2) is 51.0 Å². The number of rotatable bonds is 6. The van der Waals surface area contributed by atoms with Gasteiger partial charge < -0.3 is 15.0 Å². The number of nitrogens with zero attached hydrogens (tertiary/aromatic N) is 6. The largest absolute Gasteiger partial charge is 0.383 e. The summed E-state index contributed by atoms with van der Waals surface area (Å²) in [4.78, 5) is 15.1. The molecule has 3 aromatic rings. The molecule has 4 rings (SSSR count). The van der Waals surface area contributed by atoms with Crippen molar-refractivity contribution in [1.29, 1.82) is 0 Å². The second-order valence-electron chi connectivity index (χ2n) is 6.76. The Hall–Kier alpha value is -2.59. The smallest absolute Gasteiger partial charge is 0.254 e. The van der Waals surface area contributed by atoms with Crippen molar-refractivity contribution in [3.63, 3.8) is 0 Å². The summed E-state index contributed by atoms with van der Waals surface area (Å²) in [5.74, 6) is 0.175. The molecule has 28 heavy (non-hydrogen) atoms. The zero-order valence-corrected chi connectivity index (χ0v) is 16.8. The fourth-order valence-electron chi connectivity index (χ4n) is 3.49. The number of halogens is 1. The maximum Gasteiger partial charge on any atom is 0.254 e. The molecule has 0 saturated carbocycles. The van der Waals surface area contributed by atoms with Crippen LogP contribution < -0.4 is 10.2 Å². The normalized spacial score (nSPS) is 16.7. The van der Waals surface area contributed by atoms with Crippen molar-refractivity contribution in [2.24, 2.45) is 0 Å². The maximum atomic E-state index is 15.4. The van der Waals surface area contributed by atoms with E-state index in [1.165, 1.54) is 11.3 Å². The lowest BCUT2D eigenvalue weighted by Crippen LogP contribution is -2.34. The summed E-state index contributed by atoms with van der Waals surface area (Å²) in [6, 6.07) is 2.01. The van der Waals surface area contributed by atoms with E-state index in [9.17, 15) is 0 Å². The summed E-state index contributed by atoms with van der Waals surface area (Å²) in [6.07, 6.45) is 3.55. The topological polar surface area (TPSA) is 81.0 Å². The Morgan fingerprint density at radius 2 is 2.21 bits per heavy atom. The van der Waals surface area contributed by atoms with Gasteiger partial charge in [-0.3, -0.25) is 0 Å². The Balaban J connectivity index is 1.82. The molecule has 4 heterocycles. The minimum absolute atomic E-state index is 0.0791.